The summed E-state index contributed by atoms with van der Waals surface area (Å²) >= 11 is 6.20. The van der Waals surface area contributed by atoms with Gasteiger partial charge in [0.2, 0.25) is 6.41 Å². The Bertz CT molecular complexity index is 1730. The molecular weight excluding hydrogens is 677 g/mol. The van der Waals surface area contributed by atoms with Gasteiger partial charge in [-0.05, 0) is 92.5 Å². The molecule has 3 aromatic carbocycles. The highest BCUT2D eigenvalue weighted by Gasteiger charge is 2.42. The van der Waals surface area contributed by atoms with Crippen molar-refractivity contribution in [3.63, 3.8) is 0 Å². The Morgan fingerprint density at radius 1 is 1.00 bits per heavy atom. The molecule has 266 valence electrons. The van der Waals surface area contributed by atoms with Crippen LogP contribution in [0.25, 0.3) is 0 Å². The maximum atomic E-state index is 14.6. The first-order valence-electron chi connectivity index (χ1n) is 16.0. The molecule has 2 aliphatic rings. The molecular formula is C36H38ClF3N4O6. The van der Waals surface area contributed by atoms with Crippen molar-refractivity contribution in [3.8, 4) is 5.75 Å². The number of esters is 1. The van der Waals surface area contributed by atoms with Crippen LogP contribution in [-0.4, -0.2) is 87.4 Å². The minimum absolute atomic E-state index is 0.0142. The van der Waals surface area contributed by atoms with Crippen LogP contribution >= 0.6 is 11.6 Å². The van der Waals surface area contributed by atoms with Gasteiger partial charge < -0.3 is 24.4 Å². The number of benzene rings is 3. The molecule has 1 saturated heterocycles. The number of carbonyl (C=O) groups is 3. The Morgan fingerprint density at radius 3 is 2.28 bits per heavy atom. The van der Waals surface area contributed by atoms with Gasteiger partial charge >= 0.3 is 12.0 Å². The Hall–Kier alpha value is -4.59. The zero-order valence-corrected chi connectivity index (χ0v) is 28.6. The molecule has 3 amide bonds. The van der Waals surface area contributed by atoms with E-state index < -0.39 is 35.1 Å². The molecule has 0 bridgehead atoms. The number of piperidine rings is 1. The standard InChI is InChI=1S/C36H38ClF3N4O6/c1-48-21-30-32(34(46)50-3)33(23-17-27(39)19-28(40)18-23)41-35(47)44(30)43(22-45)14-4-13-42-15-11-36(12-16-42,24-5-7-25(37)8-6-24)29-20-26(38)9-10-31(29)49-2/h5-10,17-20,22,33H,4,11-16,21H2,1-3H3,(H,41,47). The number of urea groups is 1. The lowest BCUT2D eigenvalue weighted by atomic mass is 9.67. The van der Waals surface area contributed by atoms with E-state index in [1.807, 2.05) is 24.3 Å². The van der Waals surface area contributed by atoms with Crippen molar-refractivity contribution in [1.29, 1.82) is 0 Å². The van der Waals surface area contributed by atoms with Crippen LogP contribution in [0.2, 0.25) is 5.02 Å². The van der Waals surface area contributed by atoms with Crippen molar-refractivity contribution in [3.05, 3.63) is 111 Å². The number of rotatable bonds is 13. The van der Waals surface area contributed by atoms with E-state index in [4.69, 9.17) is 25.8 Å². The van der Waals surface area contributed by atoms with E-state index in [0.29, 0.717) is 62.1 Å². The lowest BCUT2D eigenvalue weighted by molar-refractivity contribution is -0.138. The lowest BCUT2D eigenvalue weighted by Crippen LogP contribution is -2.56. The van der Waals surface area contributed by atoms with E-state index in [-0.39, 0.29) is 35.8 Å². The highest BCUT2D eigenvalue weighted by atomic mass is 35.5. The van der Waals surface area contributed by atoms with Gasteiger partial charge in [-0.2, -0.15) is 0 Å². The SMILES string of the molecule is COCC1=C(C(=O)OC)C(c2cc(F)cc(F)c2)NC(=O)N1N(C=O)CCCN1CCC(c2ccc(Cl)cc2)(c2cc(F)ccc2OC)CC1. The van der Waals surface area contributed by atoms with Gasteiger partial charge in [0.05, 0.1) is 38.1 Å². The van der Waals surface area contributed by atoms with E-state index >= 15 is 0 Å². The number of nitrogens with zero attached hydrogens (tertiary/aromatic N) is 3. The van der Waals surface area contributed by atoms with E-state index in [1.165, 1.54) is 19.2 Å². The van der Waals surface area contributed by atoms with Crippen LogP contribution in [0.3, 0.4) is 0 Å². The van der Waals surface area contributed by atoms with Gasteiger partial charge in [-0.3, -0.25) is 4.79 Å². The first-order chi connectivity index (χ1) is 24.0. The lowest BCUT2D eigenvalue weighted by Gasteiger charge is -2.44. The molecule has 2 aliphatic heterocycles. The molecule has 0 spiro atoms. The van der Waals surface area contributed by atoms with Crippen molar-refractivity contribution in [2.24, 2.45) is 0 Å². The molecule has 5 rings (SSSR count). The first-order valence-corrected chi connectivity index (χ1v) is 16.3. The number of carbonyl (C=O) groups excluding carboxylic acids is 3. The molecule has 1 fully saturated rings. The van der Waals surface area contributed by atoms with Gasteiger partial charge in [0.1, 0.15) is 23.2 Å². The highest BCUT2D eigenvalue weighted by Crippen LogP contribution is 2.46. The quantitative estimate of drug-likeness (QED) is 0.178. The van der Waals surface area contributed by atoms with Crippen LogP contribution in [0.4, 0.5) is 18.0 Å². The van der Waals surface area contributed by atoms with Crippen molar-refractivity contribution in [2.75, 3.05) is 54.1 Å². The fraction of sp³-hybridized carbons (Fsp3) is 0.361. The maximum absolute atomic E-state index is 14.6. The first kappa shape index (κ1) is 36.7. The fourth-order valence-corrected chi connectivity index (χ4v) is 7.02. The van der Waals surface area contributed by atoms with Crippen molar-refractivity contribution in [2.45, 2.75) is 30.7 Å². The van der Waals surface area contributed by atoms with E-state index in [0.717, 1.165) is 40.4 Å². The van der Waals surface area contributed by atoms with E-state index in [2.05, 4.69) is 10.2 Å². The fourth-order valence-electron chi connectivity index (χ4n) is 6.90. The zero-order chi connectivity index (χ0) is 36.0. The van der Waals surface area contributed by atoms with Crippen molar-refractivity contribution < 1.29 is 41.8 Å². The number of halogens is 4. The molecule has 0 aliphatic carbocycles. The summed E-state index contributed by atoms with van der Waals surface area (Å²) in [7, 11) is 4.03. The van der Waals surface area contributed by atoms with E-state index in [1.54, 1.807) is 13.2 Å². The number of nitrogens with one attached hydrogen (secondary N) is 1. The second kappa shape index (κ2) is 16.0. The van der Waals surface area contributed by atoms with Crippen molar-refractivity contribution in [1.82, 2.24) is 20.2 Å². The normalized spacial score (nSPS) is 17.7. The van der Waals surface area contributed by atoms with Gasteiger partial charge in [-0.1, -0.05) is 23.7 Å². The molecule has 1 unspecified atom stereocenters. The van der Waals surface area contributed by atoms with Crippen LogP contribution in [0, 0.1) is 17.5 Å². The summed E-state index contributed by atoms with van der Waals surface area (Å²) in [5.41, 5.74) is 1.02. The summed E-state index contributed by atoms with van der Waals surface area (Å²) in [5, 5.41) is 5.29. The third kappa shape index (κ3) is 7.59. The Labute approximate surface area is 293 Å². The number of ether oxygens (including phenoxy) is 3. The predicted octanol–water partition coefficient (Wildman–Crippen LogP) is 5.75. The second-order valence-electron chi connectivity index (χ2n) is 12.1. The maximum Gasteiger partial charge on any atom is 0.341 e. The highest BCUT2D eigenvalue weighted by molar-refractivity contribution is 6.30. The summed E-state index contributed by atoms with van der Waals surface area (Å²) in [6, 6.07) is 12.7. The van der Waals surface area contributed by atoms with Gasteiger partial charge in [-0.25, -0.2) is 32.8 Å². The van der Waals surface area contributed by atoms with Crippen LogP contribution in [0.5, 0.6) is 5.75 Å². The number of likely N-dealkylation sites (tertiary alicyclic amines) is 1. The number of hydrogen-bond acceptors (Lipinski definition) is 7. The average molecular weight is 715 g/mol. The van der Waals surface area contributed by atoms with Crippen LogP contribution in [0.15, 0.2) is 71.9 Å². The molecule has 0 radical (unpaired) electrons. The monoisotopic (exact) mass is 714 g/mol. The number of hydrogen-bond donors (Lipinski definition) is 1. The summed E-state index contributed by atoms with van der Waals surface area (Å²) in [4.78, 5) is 41.3. The Kier molecular flexibility index (Phi) is 11.7. The summed E-state index contributed by atoms with van der Waals surface area (Å²) < 4.78 is 58.9. The summed E-state index contributed by atoms with van der Waals surface area (Å²) in [5.74, 6) is -2.45. The molecule has 0 aromatic heterocycles. The Morgan fingerprint density at radius 2 is 1.68 bits per heavy atom. The summed E-state index contributed by atoms with van der Waals surface area (Å²) in [6.07, 6.45) is 2.19. The van der Waals surface area contributed by atoms with Gasteiger partial charge in [0.25, 0.3) is 0 Å². The average Bonchev–Trinajstić information content (AvgIpc) is 3.10. The summed E-state index contributed by atoms with van der Waals surface area (Å²) in [6.45, 7) is 1.62. The van der Waals surface area contributed by atoms with Crippen LogP contribution in [0.1, 0.15) is 42.0 Å². The second-order valence-corrected chi connectivity index (χ2v) is 12.5. The number of amides is 3. The molecule has 2 heterocycles. The van der Waals surface area contributed by atoms with Gasteiger partial charge in [0, 0.05) is 35.7 Å². The number of hydrazine groups is 1. The molecule has 14 heteroatoms. The van der Waals surface area contributed by atoms with Crippen LogP contribution < -0.4 is 10.1 Å². The number of methoxy groups -OCH3 is 3. The zero-order valence-electron chi connectivity index (χ0n) is 27.9. The van der Waals surface area contributed by atoms with Gasteiger partial charge in [0.15, 0.2) is 0 Å². The minimum Gasteiger partial charge on any atom is -0.496 e. The third-order valence-corrected chi connectivity index (χ3v) is 9.50. The molecule has 3 aromatic rings. The Balaban J connectivity index is 1.35. The largest absolute Gasteiger partial charge is 0.496 e. The minimum atomic E-state index is -1.28. The molecule has 10 nitrogen and oxygen atoms in total. The van der Waals surface area contributed by atoms with Gasteiger partial charge in [-0.15, -0.1) is 0 Å². The van der Waals surface area contributed by atoms with Crippen molar-refractivity contribution >= 4 is 30.0 Å². The molecule has 1 atom stereocenters. The molecule has 0 saturated carbocycles. The predicted molar refractivity (Wildman–Crippen MR) is 179 cm³/mol. The van der Waals surface area contributed by atoms with E-state index in [9.17, 15) is 27.6 Å². The molecule has 50 heavy (non-hydrogen) atoms. The topological polar surface area (TPSA) is 101 Å². The van der Waals surface area contributed by atoms with Crippen LogP contribution in [-0.2, 0) is 24.5 Å². The molecule has 1 N–H and O–H groups in total. The smallest absolute Gasteiger partial charge is 0.341 e. The third-order valence-electron chi connectivity index (χ3n) is 9.24.